The fourth-order valence-electron chi connectivity index (χ4n) is 0.973. The van der Waals surface area contributed by atoms with E-state index in [0.29, 0.717) is 0 Å². The first-order chi connectivity index (χ1) is 5.24. The first-order valence-electron chi connectivity index (χ1n) is 3.75. The molecule has 11 heavy (non-hydrogen) atoms. The van der Waals surface area contributed by atoms with Crippen LogP contribution in [0, 0.1) is 5.82 Å². The van der Waals surface area contributed by atoms with Crippen LogP contribution in [0.25, 0.3) is 0 Å². The second-order valence-corrected chi connectivity index (χ2v) is 2.57. The average Bonchev–Trinajstić information content (AvgIpc) is 2.03. The van der Waals surface area contributed by atoms with Crippen LogP contribution >= 0.6 is 0 Å². The number of benzene rings is 1. The van der Waals surface area contributed by atoms with Crippen molar-refractivity contribution in [3.05, 3.63) is 35.6 Å². The number of halogens is 1. The van der Waals surface area contributed by atoms with Crippen LogP contribution in [0.4, 0.5) is 4.39 Å². The number of hydrogen-bond donors (Lipinski definition) is 1. The van der Waals surface area contributed by atoms with Crippen molar-refractivity contribution in [3.8, 4) is 0 Å². The topological polar surface area (TPSA) is 26.0 Å². The monoisotopic (exact) mass is 153 g/mol. The van der Waals surface area contributed by atoms with Gasteiger partial charge in [-0.15, -0.1) is 0 Å². The molecule has 0 aliphatic carbocycles. The Bertz CT molecular complexity index is 235. The highest BCUT2D eigenvalue weighted by molar-refractivity contribution is 5.19. The summed E-state index contributed by atoms with van der Waals surface area (Å²) in [6.07, 6.45) is 0.837. The van der Waals surface area contributed by atoms with E-state index in [1.54, 1.807) is 6.07 Å². The fourth-order valence-corrected chi connectivity index (χ4v) is 0.973. The molecule has 0 radical (unpaired) electrons. The quantitative estimate of drug-likeness (QED) is 0.692. The Labute approximate surface area is 66.0 Å². The van der Waals surface area contributed by atoms with Crippen molar-refractivity contribution in [3.63, 3.8) is 0 Å². The van der Waals surface area contributed by atoms with Gasteiger partial charge in [0.2, 0.25) is 0 Å². The molecule has 60 valence electrons. The van der Waals surface area contributed by atoms with Gasteiger partial charge in [-0.25, -0.2) is 4.39 Å². The molecule has 0 saturated heterocycles. The van der Waals surface area contributed by atoms with E-state index in [2.05, 4.69) is 0 Å². The molecule has 1 atom stereocenters. The minimum atomic E-state index is -0.216. The highest BCUT2D eigenvalue weighted by atomic mass is 19.1. The Balaban J connectivity index is 2.86. The van der Waals surface area contributed by atoms with Gasteiger partial charge in [-0.3, -0.25) is 0 Å². The third kappa shape index (κ3) is 2.02. The van der Waals surface area contributed by atoms with Crippen LogP contribution in [-0.2, 0) is 0 Å². The van der Waals surface area contributed by atoms with Crippen LogP contribution in [0.1, 0.15) is 24.9 Å². The zero-order valence-electron chi connectivity index (χ0n) is 6.55. The second-order valence-electron chi connectivity index (χ2n) is 2.57. The van der Waals surface area contributed by atoms with Crippen LogP contribution in [0.2, 0.25) is 0 Å². The minimum absolute atomic E-state index is 0.0364. The molecule has 2 N–H and O–H groups in total. The largest absolute Gasteiger partial charge is 0.324 e. The van der Waals surface area contributed by atoms with E-state index in [4.69, 9.17) is 5.73 Å². The molecule has 0 aromatic heterocycles. The molecular formula is C9H12FN. The molecule has 1 rings (SSSR count). The van der Waals surface area contributed by atoms with E-state index in [1.807, 2.05) is 13.0 Å². The molecule has 2 heteroatoms. The molecule has 0 amide bonds. The molecular weight excluding hydrogens is 141 g/mol. The molecule has 0 bridgehead atoms. The maximum atomic E-state index is 12.6. The van der Waals surface area contributed by atoms with E-state index in [1.165, 1.54) is 12.1 Å². The highest BCUT2D eigenvalue weighted by Gasteiger charge is 2.02. The van der Waals surface area contributed by atoms with E-state index in [-0.39, 0.29) is 11.9 Å². The smallest absolute Gasteiger partial charge is 0.123 e. The Morgan fingerprint density at radius 1 is 1.55 bits per heavy atom. The SMILES string of the molecule is CC[C@@H](N)c1cccc(F)c1. The summed E-state index contributed by atoms with van der Waals surface area (Å²) in [6, 6.07) is 6.39. The maximum Gasteiger partial charge on any atom is 0.123 e. The lowest BCUT2D eigenvalue weighted by Gasteiger charge is -2.07. The Hall–Kier alpha value is -0.890. The summed E-state index contributed by atoms with van der Waals surface area (Å²) in [6.45, 7) is 1.98. The Morgan fingerprint density at radius 3 is 2.82 bits per heavy atom. The third-order valence-electron chi connectivity index (χ3n) is 1.72. The van der Waals surface area contributed by atoms with E-state index >= 15 is 0 Å². The Morgan fingerprint density at radius 2 is 2.27 bits per heavy atom. The van der Waals surface area contributed by atoms with Crippen LogP contribution in [-0.4, -0.2) is 0 Å². The molecule has 1 aromatic rings. The molecule has 1 aromatic carbocycles. The fraction of sp³-hybridized carbons (Fsp3) is 0.333. The van der Waals surface area contributed by atoms with Gasteiger partial charge in [-0.05, 0) is 24.1 Å². The molecule has 0 spiro atoms. The lowest BCUT2D eigenvalue weighted by molar-refractivity contribution is 0.616. The number of rotatable bonds is 2. The first-order valence-corrected chi connectivity index (χ1v) is 3.75. The van der Waals surface area contributed by atoms with Gasteiger partial charge in [0.1, 0.15) is 5.82 Å². The summed E-state index contributed by atoms with van der Waals surface area (Å²) in [5.74, 6) is -0.216. The first kappa shape index (κ1) is 8.21. The van der Waals surface area contributed by atoms with Crippen LogP contribution in [0.3, 0.4) is 0 Å². The summed E-state index contributed by atoms with van der Waals surface area (Å²) in [5, 5.41) is 0. The van der Waals surface area contributed by atoms with Crippen molar-refractivity contribution in [1.29, 1.82) is 0 Å². The lowest BCUT2D eigenvalue weighted by atomic mass is 10.1. The van der Waals surface area contributed by atoms with Crippen molar-refractivity contribution in [2.75, 3.05) is 0 Å². The second kappa shape index (κ2) is 3.49. The lowest BCUT2D eigenvalue weighted by Crippen LogP contribution is -2.08. The van der Waals surface area contributed by atoms with Gasteiger partial charge < -0.3 is 5.73 Å². The third-order valence-corrected chi connectivity index (χ3v) is 1.72. The van der Waals surface area contributed by atoms with E-state index in [9.17, 15) is 4.39 Å². The van der Waals surface area contributed by atoms with Crippen LogP contribution in [0.5, 0.6) is 0 Å². The minimum Gasteiger partial charge on any atom is -0.324 e. The number of hydrogen-bond acceptors (Lipinski definition) is 1. The highest BCUT2D eigenvalue weighted by Crippen LogP contribution is 2.13. The van der Waals surface area contributed by atoms with Gasteiger partial charge in [-0.1, -0.05) is 19.1 Å². The summed E-state index contributed by atoms with van der Waals surface area (Å²) >= 11 is 0. The van der Waals surface area contributed by atoms with Gasteiger partial charge in [0.15, 0.2) is 0 Å². The summed E-state index contributed by atoms with van der Waals surface area (Å²) in [4.78, 5) is 0. The zero-order chi connectivity index (χ0) is 8.27. The van der Waals surface area contributed by atoms with Crippen molar-refractivity contribution in [2.24, 2.45) is 5.73 Å². The van der Waals surface area contributed by atoms with Crippen LogP contribution in [0.15, 0.2) is 24.3 Å². The molecule has 0 saturated carbocycles. The molecule has 0 heterocycles. The molecule has 1 nitrogen and oxygen atoms in total. The van der Waals surface area contributed by atoms with Gasteiger partial charge in [0.05, 0.1) is 0 Å². The van der Waals surface area contributed by atoms with Crippen molar-refractivity contribution in [1.82, 2.24) is 0 Å². The molecule has 0 fully saturated rings. The molecule has 0 aliphatic rings. The molecule has 0 unspecified atom stereocenters. The zero-order valence-corrected chi connectivity index (χ0v) is 6.55. The normalized spacial score (nSPS) is 13.0. The summed E-state index contributed by atoms with van der Waals surface area (Å²) in [7, 11) is 0. The van der Waals surface area contributed by atoms with Crippen molar-refractivity contribution >= 4 is 0 Å². The molecule has 0 aliphatic heterocycles. The Kier molecular flexibility index (Phi) is 2.60. The summed E-state index contributed by atoms with van der Waals surface area (Å²) < 4.78 is 12.6. The van der Waals surface area contributed by atoms with Crippen LogP contribution < -0.4 is 5.73 Å². The summed E-state index contributed by atoms with van der Waals surface area (Å²) in [5.41, 5.74) is 6.56. The van der Waals surface area contributed by atoms with Crippen molar-refractivity contribution < 1.29 is 4.39 Å². The van der Waals surface area contributed by atoms with E-state index in [0.717, 1.165) is 12.0 Å². The van der Waals surface area contributed by atoms with Gasteiger partial charge in [-0.2, -0.15) is 0 Å². The predicted molar refractivity (Wildman–Crippen MR) is 43.6 cm³/mol. The van der Waals surface area contributed by atoms with E-state index < -0.39 is 0 Å². The predicted octanol–water partition coefficient (Wildman–Crippen LogP) is 2.24. The average molecular weight is 153 g/mol. The van der Waals surface area contributed by atoms with Gasteiger partial charge in [0.25, 0.3) is 0 Å². The standard InChI is InChI=1S/C9H12FN/c1-2-9(11)7-4-3-5-8(10)6-7/h3-6,9H,2,11H2,1H3/t9-/m1/s1. The van der Waals surface area contributed by atoms with Crippen molar-refractivity contribution in [2.45, 2.75) is 19.4 Å². The van der Waals surface area contributed by atoms with Gasteiger partial charge in [0, 0.05) is 6.04 Å². The maximum absolute atomic E-state index is 12.6. The van der Waals surface area contributed by atoms with Gasteiger partial charge >= 0.3 is 0 Å². The number of nitrogens with two attached hydrogens (primary N) is 1.